The Kier molecular flexibility index (Phi) is 6.51. The summed E-state index contributed by atoms with van der Waals surface area (Å²) in [6.45, 7) is 5.51. The molecule has 2 aromatic rings. The van der Waals surface area contributed by atoms with Crippen LogP contribution in [0.15, 0.2) is 60.7 Å². The van der Waals surface area contributed by atoms with E-state index in [1.807, 2.05) is 74.5 Å². The van der Waals surface area contributed by atoms with Gasteiger partial charge in [-0.25, -0.2) is 0 Å². The largest absolute Gasteiger partial charge is 0.481 e. The maximum atomic E-state index is 12.5. The highest BCUT2D eigenvalue weighted by Crippen LogP contribution is 2.41. The van der Waals surface area contributed by atoms with Crippen LogP contribution in [0.25, 0.3) is 0 Å². The Labute approximate surface area is 149 Å². The average molecular weight is 338 g/mol. The molecular weight excluding hydrogens is 312 g/mol. The Morgan fingerprint density at radius 1 is 0.840 bits per heavy atom. The minimum Gasteiger partial charge on any atom is -0.481 e. The summed E-state index contributed by atoms with van der Waals surface area (Å²) in [6.07, 6.45) is 0.346. The number of carbonyl (C=O) groups is 2. The summed E-state index contributed by atoms with van der Waals surface area (Å²) in [7, 11) is 0. The van der Waals surface area contributed by atoms with Crippen LogP contribution in [0.1, 0.15) is 50.2 Å². The molecule has 25 heavy (non-hydrogen) atoms. The van der Waals surface area contributed by atoms with Gasteiger partial charge in [-0.2, -0.15) is 0 Å². The van der Waals surface area contributed by atoms with Gasteiger partial charge < -0.3 is 5.11 Å². The highest BCUT2D eigenvalue weighted by atomic mass is 16.4. The van der Waals surface area contributed by atoms with Gasteiger partial charge in [0.05, 0.1) is 5.92 Å². The lowest BCUT2D eigenvalue weighted by Crippen LogP contribution is -2.27. The molecule has 0 saturated carbocycles. The Bertz CT molecular complexity index is 692. The summed E-state index contributed by atoms with van der Waals surface area (Å²) in [5.74, 6) is -1.76. The minimum absolute atomic E-state index is 0.0669. The SMILES string of the molecule is CC(C)C(=O)CC(c1ccccc1)C(c1ccccc1)C(C)C(=O)O. The molecule has 0 saturated heterocycles. The van der Waals surface area contributed by atoms with Crippen LogP contribution >= 0.6 is 0 Å². The van der Waals surface area contributed by atoms with Crippen LogP contribution < -0.4 is 0 Å². The normalized spacial score (nSPS) is 14.7. The van der Waals surface area contributed by atoms with Crippen molar-refractivity contribution in [3.05, 3.63) is 71.8 Å². The fourth-order valence-electron chi connectivity index (χ4n) is 3.30. The van der Waals surface area contributed by atoms with Gasteiger partial charge in [0.15, 0.2) is 0 Å². The van der Waals surface area contributed by atoms with Crippen molar-refractivity contribution in [1.29, 1.82) is 0 Å². The first-order chi connectivity index (χ1) is 11.9. The molecule has 0 fully saturated rings. The molecule has 0 heterocycles. The number of carbonyl (C=O) groups excluding carboxylic acids is 1. The van der Waals surface area contributed by atoms with Crippen molar-refractivity contribution in [2.24, 2.45) is 11.8 Å². The molecule has 3 unspecified atom stereocenters. The first-order valence-corrected chi connectivity index (χ1v) is 8.77. The lowest BCUT2D eigenvalue weighted by atomic mass is 9.72. The van der Waals surface area contributed by atoms with Gasteiger partial charge in [0, 0.05) is 18.3 Å². The van der Waals surface area contributed by atoms with Gasteiger partial charge in [0.2, 0.25) is 0 Å². The highest BCUT2D eigenvalue weighted by Gasteiger charge is 2.34. The second-order valence-corrected chi connectivity index (χ2v) is 6.91. The number of carboxylic acid groups (broad SMARTS) is 1. The maximum Gasteiger partial charge on any atom is 0.306 e. The first kappa shape index (κ1) is 18.9. The second-order valence-electron chi connectivity index (χ2n) is 6.91. The van der Waals surface area contributed by atoms with Crippen LogP contribution in [-0.2, 0) is 9.59 Å². The van der Waals surface area contributed by atoms with Gasteiger partial charge in [-0.15, -0.1) is 0 Å². The lowest BCUT2D eigenvalue weighted by Gasteiger charge is -2.31. The zero-order valence-corrected chi connectivity index (χ0v) is 15.1. The van der Waals surface area contributed by atoms with Crippen molar-refractivity contribution < 1.29 is 14.7 Å². The molecule has 2 aromatic carbocycles. The van der Waals surface area contributed by atoms with Crippen molar-refractivity contribution >= 4 is 11.8 Å². The molecule has 0 aliphatic rings. The molecule has 0 aliphatic heterocycles. The first-order valence-electron chi connectivity index (χ1n) is 8.77. The summed E-state index contributed by atoms with van der Waals surface area (Å²) < 4.78 is 0. The van der Waals surface area contributed by atoms with Crippen molar-refractivity contribution in [2.75, 3.05) is 0 Å². The van der Waals surface area contributed by atoms with Gasteiger partial charge >= 0.3 is 5.97 Å². The number of ketones is 1. The van der Waals surface area contributed by atoms with E-state index in [1.165, 1.54) is 0 Å². The van der Waals surface area contributed by atoms with E-state index in [0.717, 1.165) is 11.1 Å². The zero-order chi connectivity index (χ0) is 18.4. The standard InChI is InChI=1S/C22H26O3/c1-15(2)20(23)14-19(17-10-6-4-7-11-17)21(16(3)22(24)25)18-12-8-5-9-13-18/h4-13,15-16,19,21H,14H2,1-3H3,(H,24,25). The maximum absolute atomic E-state index is 12.5. The fourth-order valence-corrected chi connectivity index (χ4v) is 3.30. The van der Waals surface area contributed by atoms with Crippen LogP contribution in [0.3, 0.4) is 0 Å². The molecule has 0 spiro atoms. The van der Waals surface area contributed by atoms with E-state index in [-0.39, 0.29) is 23.5 Å². The fraction of sp³-hybridized carbons (Fsp3) is 0.364. The summed E-state index contributed by atoms with van der Waals surface area (Å²) in [4.78, 5) is 24.3. The summed E-state index contributed by atoms with van der Waals surface area (Å²) in [5.41, 5.74) is 1.97. The Morgan fingerprint density at radius 3 is 1.76 bits per heavy atom. The van der Waals surface area contributed by atoms with E-state index in [1.54, 1.807) is 6.92 Å². The Hall–Kier alpha value is -2.42. The molecule has 0 aromatic heterocycles. The molecule has 1 N–H and O–H groups in total. The molecule has 3 heteroatoms. The Balaban J connectivity index is 2.52. The minimum atomic E-state index is -0.841. The molecule has 0 aliphatic carbocycles. The Morgan fingerprint density at radius 2 is 1.32 bits per heavy atom. The van der Waals surface area contributed by atoms with Crippen molar-refractivity contribution in [1.82, 2.24) is 0 Å². The van der Waals surface area contributed by atoms with Crippen LogP contribution in [0.4, 0.5) is 0 Å². The third-order valence-electron chi connectivity index (χ3n) is 4.84. The number of Topliss-reactive ketones (excluding diaryl/α,β-unsaturated/α-hetero) is 1. The van der Waals surface area contributed by atoms with Gasteiger partial charge in [-0.1, -0.05) is 81.4 Å². The van der Waals surface area contributed by atoms with E-state index in [4.69, 9.17) is 0 Å². The van der Waals surface area contributed by atoms with Crippen LogP contribution in [0.5, 0.6) is 0 Å². The average Bonchev–Trinajstić information content (AvgIpc) is 2.62. The van der Waals surface area contributed by atoms with Crippen LogP contribution in [0.2, 0.25) is 0 Å². The van der Waals surface area contributed by atoms with Gasteiger partial charge in [-0.05, 0) is 17.0 Å². The second kappa shape index (κ2) is 8.61. The number of hydrogen-bond donors (Lipinski definition) is 1. The number of aliphatic carboxylic acids is 1. The van der Waals surface area contributed by atoms with E-state index < -0.39 is 11.9 Å². The van der Waals surface area contributed by atoms with E-state index in [0.29, 0.717) is 6.42 Å². The molecule has 132 valence electrons. The number of rotatable bonds is 8. The third kappa shape index (κ3) is 4.79. The lowest BCUT2D eigenvalue weighted by molar-refractivity contribution is -0.142. The molecule has 2 rings (SSSR count). The molecule has 3 nitrogen and oxygen atoms in total. The van der Waals surface area contributed by atoms with Crippen molar-refractivity contribution in [2.45, 2.75) is 39.0 Å². The van der Waals surface area contributed by atoms with Gasteiger partial charge in [0.1, 0.15) is 5.78 Å². The highest BCUT2D eigenvalue weighted by molar-refractivity contribution is 5.81. The van der Waals surface area contributed by atoms with Gasteiger partial charge in [0.25, 0.3) is 0 Å². The topological polar surface area (TPSA) is 54.4 Å². The third-order valence-corrected chi connectivity index (χ3v) is 4.84. The van der Waals surface area contributed by atoms with Crippen LogP contribution in [-0.4, -0.2) is 16.9 Å². The van der Waals surface area contributed by atoms with Crippen LogP contribution in [0, 0.1) is 11.8 Å². The van der Waals surface area contributed by atoms with Crippen molar-refractivity contribution in [3.63, 3.8) is 0 Å². The van der Waals surface area contributed by atoms with E-state index in [2.05, 4.69) is 0 Å². The predicted molar refractivity (Wildman–Crippen MR) is 99.6 cm³/mol. The quantitative estimate of drug-likeness (QED) is 0.745. The van der Waals surface area contributed by atoms with E-state index in [9.17, 15) is 14.7 Å². The molecule has 3 atom stereocenters. The zero-order valence-electron chi connectivity index (χ0n) is 15.1. The monoisotopic (exact) mass is 338 g/mol. The van der Waals surface area contributed by atoms with Crippen molar-refractivity contribution in [3.8, 4) is 0 Å². The predicted octanol–water partition coefficient (Wildman–Crippen LogP) is 4.89. The number of hydrogen-bond acceptors (Lipinski definition) is 2. The molecule has 0 amide bonds. The van der Waals surface area contributed by atoms with Gasteiger partial charge in [-0.3, -0.25) is 9.59 Å². The number of carboxylic acids is 1. The summed E-state index contributed by atoms with van der Waals surface area (Å²) >= 11 is 0. The molecular formula is C22H26O3. The number of benzene rings is 2. The summed E-state index contributed by atoms with van der Waals surface area (Å²) in [5, 5.41) is 9.67. The molecule has 0 radical (unpaired) electrons. The summed E-state index contributed by atoms with van der Waals surface area (Å²) in [6, 6.07) is 19.5. The molecule has 0 bridgehead atoms. The smallest absolute Gasteiger partial charge is 0.306 e. The van der Waals surface area contributed by atoms with E-state index >= 15 is 0 Å².